The van der Waals surface area contributed by atoms with Gasteiger partial charge >= 0.3 is 5.97 Å². The Balaban J connectivity index is 1.64. The molecule has 0 aliphatic heterocycles. The summed E-state index contributed by atoms with van der Waals surface area (Å²) in [5.74, 6) is 0.306. The smallest absolute Gasteiger partial charge is 0.312 e. The zero-order chi connectivity index (χ0) is 28.1. The number of ether oxygens (including phenoxy) is 1. The van der Waals surface area contributed by atoms with Crippen LogP contribution >= 0.6 is 0 Å². The summed E-state index contributed by atoms with van der Waals surface area (Å²) < 4.78 is 5.48. The number of carbonyl (C=O) groups is 4. The van der Waals surface area contributed by atoms with Crippen LogP contribution < -0.4 is 0 Å². The number of hydrogen-bond donors (Lipinski definition) is 0. The molecule has 0 aromatic carbocycles. The van der Waals surface area contributed by atoms with Crippen LogP contribution in [0.4, 0.5) is 0 Å². The molecule has 38 heavy (non-hydrogen) atoms. The van der Waals surface area contributed by atoms with Crippen LogP contribution in [-0.2, 0) is 23.9 Å². The number of esters is 1. The summed E-state index contributed by atoms with van der Waals surface area (Å²) in [7, 11) is 1.54. The van der Waals surface area contributed by atoms with Gasteiger partial charge in [0.2, 0.25) is 0 Å². The summed E-state index contributed by atoms with van der Waals surface area (Å²) in [6, 6.07) is 0. The number of hydrogen-bond acceptors (Lipinski definition) is 5. The molecular formula is C33H48O5. The minimum absolute atomic E-state index is 0.0380. The molecule has 0 heterocycles. The van der Waals surface area contributed by atoms with E-state index >= 15 is 0 Å². The summed E-state index contributed by atoms with van der Waals surface area (Å²) in [5.41, 5.74) is -0.514. The van der Waals surface area contributed by atoms with E-state index in [0.717, 1.165) is 51.2 Å². The maximum atomic E-state index is 13.5. The lowest BCUT2D eigenvalue weighted by Gasteiger charge is -2.71. The molecule has 0 saturated heterocycles. The van der Waals surface area contributed by atoms with Crippen LogP contribution in [0, 0.1) is 62.6 Å². The molecule has 4 fully saturated rings. The van der Waals surface area contributed by atoms with E-state index in [1.54, 1.807) is 14.0 Å². The summed E-state index contributed by atoms with van der Waals surface area (Å²) in [5, 5.41) is 0. The zero-order valence-electron chi connectivity index (χ0n) is 24.8. The van der Waals surface area contributed by atoms with Gasteiger partial charge in [0.1, 0.15) is 12.1 Å². The number of Topliss-reactive ketones (excluding diaryl/α,β-unsaturated/α-hetero) is 2. The second-order valence-corrected chi connectivity index (χ2v) is 14.9. The van der Waals surface area contributed by atoms with Crippen LogP contribution in [0.2, 0.25) is 0 Å². The van der Waals surface area contributed by atoms with Crippen molar-refractivity contribution in [3.63, 3.8) is 0 Å². The van der Waals surface area contributed by atoms with Gasteiger partial charge in [-0.05, 0) is 111 Å². The standard InChI is InChI=1S/C33H48O5/c1-19-11-14-33(28(37)38-8)16-15-31(6)23(26(33)20(19)2)9-10-25-29(4)17-22(21(3)35)27(36)30(5,18-34)24(29)12-13-32(25,31)7/h9,18-20,22,24-26H,10-17H2,1-8H3/t19-,20+,22+,24?,25-,26+,29+,30?,31-,32-,33+/m1/s1. The number of fused-ring (bicyclic) bond motifs is 7. The highest BCUT2D eigenvalue weighted by molar-refractivity contribution is 6.10. The van der Waals surface area contributed by atoms with Crippen molar-refractivity contribution in [3.05, 3.63) is 11.6 Å². The first-order chi connectivity index (χ1) is 17.7. The predicted octanol–water partition coefficient (Wildman–Crippen LogP) is 6.38. The Bertz CT molecular complexity index is 1110. The molecule has 5 aliphatic carbocycles. The molecule has 0 aromatic heterocycles. The molecule has 5 rings (SSSR count). The molecule has 5 nitrogen and oxygen atoms in total. The number of methoxy groups -OCH3 is 1. The van der Waals surface area contributed by atoms with Crippen molar-refractivity contribution in [3.8, 4) is 0 Å². The van der Waals surface area contributed by atoms with Gasteiger partial charge in [0.05, 0.1) is 23.9 Å². The van der Waals surface area contributed by atoms with Crippen LogP contribution in [0.3, 0.4) is 0 Å². The fourth-order valence-electron chi connectivity index (χ4n) is 11.2. The molecule has 0 spiro atoms. The summed E-state index contributed by atoms with van der Waals surface area (Å²) >= 11 is 0. The molecule has 4 saturated carbocycles. The monoisotopic (exact) mass is 524 g/mol. The molecule has 0 radical (unpaired) electrons. The van der Waals surface area contributed by atoms with E-state index < -0.39 is 16.7 Å². The summed E-state index contributed by atoms with van der Waals surface area (Å²) in [6.07, 6.45) is 10.2. The molecule has 0 aromatic rings. The van der Waals surface area contributed by atoms with Crippen molar-refractivity contribution in [2.75, 3.05) is 7.11 Å². The van der Waals surface area contributed by atoms with Crippen molar-refractivity contribution in [1.82, 2.24) is 0 Å². The average Bonchev–Trinajstić information content (AvgIpc) is 2.88. The normalized spacial score (nSPS) is 51.9. The van der Waals surface area contributed by atoms with Crippen molar-refractivity contribution in [2.24, 2.45) is 62.6 Å². The van der Waals surface area contributed by atoms with Crippen LogP contribution in [-0.4, -0.2) is 30.9 Å². The largest absolute Gasteiger partial charge is 0.469 e. The van der Waals surface area contributed by atoms with Gasteiger partial charge in [0.25, 0.3) is 0 Å². The minimum Gasteiger partial charge on any atom is -0.469 e. The van der Waals surface area contributed by atoms with Gasteiger partial charge in [-0.15, -0.1) is 0 Å². The Morgan fingerprint density at radius 1 is 1.00 bits per heavy atom. The third-order valence-electron chi connectivity index (χ3n) is 13.8. The van der Waals surface area contributed by atoms with E-state index in [1.165, 1.54) is 12.5 Å². The fraction of sp³-hybridized carbons (Fsp3) is 0.818. The lowest BCUT2D eigenvalue weighted by atomic mass is 9.33. The number of aldehydes is 1. The quantitative estimate of drug-likeness (QED) is 0.185. The molecule has 11 atom stereocenters. The average molecular weight is 525 g/mol. The van der Waals surface area contributed by atoms with Gasteiger partial charge in [-0.3, -0.25) is 14.4 Å². The van der Waals surface area contributed by atoms with Crippen LogP contribution in [0.15, 0.2) is 11.6 Å². The highest BCUT2D eigenvalue weighted by Crippen LogP contribution is 2.75. The Hall–Kier alpha value is -1.78. The van der Waals surface area contributed by atoms with E-state index in [2.05, 4.69) is 40.7 Å². The van der Waals surface area contributed by atoms with E-state index in [-0.39, 0.29) is 51.5 Å². The Kier molecular flexibility index (Phi) is 6.29. The second kappa shape index (κ2) is 8.61. The second-order valence-electron chi connectivity index (χ2n) is 14.9. The van der Waals surface area contributed by atoms with Crippen molar-refractivity contribution in [1.29, 1.82) is 0 Å². The van der Waals surface area contributed by atoms with Crippen LogP contribution in [0.25, 0.3) is 0 Å². The fourth-order valence-corrected chi connectivity index (χ4v) is 11.2. The molecular weight excluding hydrogens is 476 g/mol. The zero-order valence-corrected chi connectivity index (χ0v) is 24.8. The SMILES string of the molecule is COC(=O)[C@]12CC[C@@H](C)[C@H](C)[C@H]1C1=CC[C@@H]3[C@@]4(C)C[C@@H](C(C)=O)C(=O)C(C)(C=O)C4CC[C@@]3(C)[C@]1(C)CC2. The Morgan fingerprint density at radius 2 is 1.68 bits per heavy atom. The van der Waals surface area contributed by atoms with E-state index in [0.29, 0.717) is 18.3 Å². The summed E-state index contributed by atoms with van der Waals surface area (Å²) in [4.78, 5) is 52.2. The van der Waals surface area contributed by atoms with Gasteiger partial charge in [-0.1, -0.05) is 46.3 Å². The first-order valence-corrected chi connectivity index (χ1v) is 15.0. The highest BCUT2D eigenvalue weighted by atomic mass is 16.5. The lowest BCUT2D eigenvalue weighted by molar-refractivity contribution is -0.197. The maximum absolute atomic E-state index is 13.5. The Morgan fingerprint density at radius 3 is 2.29 bits per heavy atom. The van der Waals surface area contributed by atoms with Crippen molar-refractivity contribution >= 4 is 23.8 Å². The predicted molar refractivity (Wildman–Crippen MR) is 146 cm³/mol. The highest BCUT2D eigenvalue weighted by Gasteiger charge is 2.71. The third kappa shape index (κ3) is 3.17. The summed E-state index contributed by atoms with van der Waals surface area (Å²) in [6.45, 7) is 15.1. The molecule has 2 unspecified atom stereocenters. The number of carbonyl (C=O) groups excluding carboxylic acids is 4. The topological polar surface area (TPSA) is 77.5 Å². The van der Waals surface area contributed by atoms with Gasteiger partial charge in [0.15, 0.2) is 5.78 Å². The molecule has 0 N–H and O–H groups in total. The molecule has 210 valence electrons. The van der Waals surface area contributed by atoms with Gasteiger partial charge in [0, 0.05) is 0 Å². The van der Waals surface area contributed by atoms with E-state index in [4.69, 9.17) is 4.74 Å². The first-order valence-electron chi connectivity index (χ1n) is 15.0. The maximum Gasteiger partial charge on any atom is 0.312 e. The van der Waals surface area contributed by atoms with Crippen molar-refractivity contribution in [2.45, 2.75) is 99.8 Å². The molecule has 0 bridgehead atoms. The third-order valence-corrected chi connectivity index (χ3v) is 13.8. The van der Waals surface area contributed by atoms with Gasteiger partial charge in [-0.2, -0.15) is 0 Å². The molecule has 5 aliphatic rings. The van der Waals surface area contributed by atoms with E-state index in [9.17, 15) is 19.2 Å². The number of allylic oxidation sites excluding steroid dienone is 2. The number of rotatable bonds is 3. The van der Waals surface area contributed by atoms with Gasteiger partial charge < -0.3 is 9.53 Å². The van der Waals surface area contributed by atoms with Crippen LogP contribution in [0.5, 0.6) is 0 Å². The number of ketones is 2. The molecule has 5 heteroatoms. The van der Waals surface area contributed by atoms with E-state index in [1.807, 2.05) is 0 Å². The van der Waals surface area contributed by atoms with Crippen molar-refractivity contribution < 1.29 is 23.9 Å². The Labute approximate surface area is 228 Å². The lowest BCUT2D eigenvalue weighted by Crippen LogP contribution is -2.67. The first kappa shape index (κ1) is 27.8. The minimum atomic E-state index is -1.12. The molecule has 0 amide bonds. The van der Waals surface area contributed by atoms with Crippen LogP contribution in [0.1, 0.15) is 99.8 Å². The van der Waals surface area contributed by atoms with Gasteiger partial charge in [-0.25, -0.2) is 0 Å².